The standard InChI is InChI=1S/C10H22ClO2PS/c1-3-5-7-8-9-13-14(11,12)15-10-6-4-2/h3-10H2,1-2H3. The zero-order valence-corrected chi connectivity index (χ0v) is 12.2. The molecule has 0 bridgehead atoms. The zero-order valence-electron chi connectivity index (χ0n) is 9.71. The maximum absolute atomic E-state index is 11.6. The van der Waals surface area contributed by atoms with Crippen LogP contribution in [0.3, 0.4) is 0 Å². The minimum atomic E-state index is -2.88. The van der Waals surface area contributed by atoms with Crippen LogP contribution in [0.4, 0.5) is 0 Å². The van der Waals surface area contributed by atoms with Gasteiger partial charge in [-0.05, 0) is 24.1 Å². The molecule has 0 aliphatic carbocycles. The summed E-state index contributed by atoms with van der Waals surface area (Å²) < 4.78 is 16.8. The number of unbranched alkanes of at least 4 members (excludes halogenated alkanes) is 4. The van der Waals surface area contributed by atoms with Crippen LogP contribution in [0.15, 0.2) is 0 Å². The van der Waals surface area contributed by atoms with Gasteiger partial charge in [0.25, 0.3) is 0 Å². The van der Waals surface area contributed by atoms with Crippen molar-refractivity contribution in [3.05, 3.63) is 0 Å². The molecule has 5 heteroatoms. The second kappa shape index (κ2) is 10.0. The predicted molar refractivity (Wildman–Crippen MR) is 70.9 cm³/mol. The highest BCUT2D eigenvalue weighted by atomic mass is 35.7. The Bertz CT molecular complexity index is 190. The molecule has 0 saturated carbocycles. The Balaban J connectivity index is 3.43. The minimum absolute atomic E-state index is 0.528. The molecule has 92 valence electrons. The summed E-state index contributed by atoms with van der Waals surface area (Å²) in [5, 5.41) is 0. The molecule has 0 aliphatic rings. The molecule has 0 aliphatic heterocycles. The summed E-state index contributed by atoms with van der Waals surface area (Å²) in [6, 6.07) is 0. The molecule has 0 rings (SSSR count). The lowest BCUT2D eigenvalue weighted by molar-refractivity contribution is 0.321. The van der Waals surface area contributed by atoms with Gasteiger partial charge < -0.3 is 4.52 Å². The minimum Gasteiger partial charge on any atom is -0.310 e. The quantitative estimate of drug-likeness (QED) is 0.390. The molecule has 0 aromatic carbocycles. The van der Waals surface area contributed by atoms with Crippen molar-refractivity contribution in [1.29, 1.82) is 0 Å². The molecule has 0 spiro atoms. The monoisotopic (exact) mass is 272 g/mol. The lowest BCUT2D eigenvalue weighted by atomic mass is 10.2. The van der Waals surface area contributed by atoms with Gasteiger partial charge in [0.2, 0.25) is 0 Å². The van der Waals surface area contributed by atoms with Gasteiger partial charge in [-0.2, -0.15) is 0 Å². The molecule has 1 atom stereocenters. The van der Waals surface area contributed by atoms with Crippen LogP contribution in [-0.4, -0.2) is 12.4 Å². The van der Waals surface area contributed by atoms with Gasteiger partial charge in [0.05, 0.1) is 6.61 Å². The van der Waals surface area contributed by atoms with Gasteiger partial charge in [-0.15, -0.1) is 0 Å². The van der Waals surface area contributed by atoms with Gasteiger partial charge in [-0.25, -0.2) is 0 Å². The fourth-order valence-electron chi connectivity index (χ4n) is 1.06. The average Bonchev–Trinajstić information content (AvgIpc) is 2.17. The van der Waals surface area contributed by atoms with E-state index in [2.05, 4.69) is 13.8 Å². The summed E-state index contributed by atoms with van der Waals surface area (Å²) in [4.78, 5) is 0. The number of hydrogen-bond acceptors (Lipinski definition) is 3. The van der Waals surface area contributed by atoms with Gasteiger partial charge in [0.15, 0.2) is 0 Å². The fourth-order valence-corrected chi connectivity index (χ4v) is 4.43. The van der Waals surface area contributed by atoms with Crippen LogP contribution in [0.2, 0.25) is 0 Å². The molecule has 0 aromatic heterocycles. The van der Waals surface area contributed by atoms with Crippen LogP contribution in [0, 0.1) is 0 Å². The van der Waals surface area contributed by atoms with Gasteiger partial charge in [0.1, 0.15) is 0 Å². The molecule has 0 amide bonds. The Hall–Kier alpha value is 0.830. The van der Waals surface area contributed by atoms with Crippen molar-refractivity contribution < 1.29 is 9.09 Å². The van der Waals surface area contributed by atoms with Crippen molar-refractivity contribution in [2.24, 2.45) is 0 Å². The summed E-state index contributed by atoms with van der Waals surface area (Å²) in [6.07, 6.45) is 6.63. The Kier molecular flexibility index (Phi) is 10.6. The van der Waals surface area contributed by atoms with E-state index in [0.717, 1.165) is 31.4 Å². The van der Waals surface area contributed by atoms with Gasteiger partial charge >= 0.3 is 5.92 Å². The summed E-state index contributed by atoms with van der Waals surface area (Å²) in [7, 11) is 0. The number of halogens is 1. The van der Waals surface area contributed by atoms with E-state index in [1.165, 1.54) is 24.2 Å². The van der Waals surface area contributed by atoms with Crippen molar-refractivity contribution in [3.63, 3.8) is 0 Å². The molecule has 0 heterocycles. The van der Waals surface area contributed by atoms with Gasteiger partial charge in [-0.3, -0.25) is 4.57 Å². The Morgan fingerprint density at radius 2 is 1.80 bits per heavy atom. The summed E-state index contributed by atoms with van der Waals surface area (Å²) in [6.45, 7) is 4.79. The van der Waals surface area contributed by atoms with Crippen molar-refractivity contribution in [2.75, 3.05) is 12.4 Å². The largest absolute Gasteiger partial charge is 0.346 e. The molecule has 15 heavy (non-hydrogen) atoms. The number of hydrogen-bond donors (Lipinski definition) is 0. The summed E-state index contributed by atoms with van der Waals surface area (Å²) >= 11 is 7.05. The molecule has 0 N–H and O–H groups in total. The lowest BCUT2D eigenvalue weighted by Crippen LogP contribution is -1.89. The van der Waals surface area contributed by atoms with E-state index in [-0.39, 0.29) is 0 Å². The SMILES string of the molecule is CCCCCCOP(=O)(Cl)SCCCC. The Labute approximate surface area is 102 Å². The van der Waals surface area contributed by atoms with Crippen LogP contribution >= 0.6 is 28.5 Å². The molecular formula is C10H22ClO2PS. The summed E-state index contributed by atoms with van der Waals surface area (Å²) in [5.74, 6) is -2.06. The first-order chi connectivity index (χ1) is 7.12. The molecule has 0 saturated heterocycles. The van der Waals surface area contributed by atoms with E-state index in [0.29, 0.717) is 6.61 Å². The van der Waals surface area contributed by atoms with Crippen LogP contribution in [0.5, 0.6) is 0 Å². The Morgan fingerprint density at radius 1 is 1.13 bits per heavy atom. The molecule has 0 aromatic rings. The average molecular weight is 273 g/mol. The second-order valence-electron chi connectivity index (χ2n) is 3.51. The van der Waals surface area contributed by atoms with Crippen LogP contribution in [0.25, 0.3) is 0 Å². The second-order valence-corrected chi connectivity index (χ2v) is 9.45. The predicted octanol–water partition coefficient (Wildman–Crippen LogP) is 5.46. The highest BCUT2D eigenvalue weighted by Crippen LogP contribution is 2.64. The molecule has 0 fully saturated rings. The molecule has 0 radical (unpaired) electrons. The zero-order chi connectivity index (χ0) is 11.6. The summed E-state index contributed by atoms with van der Waals surface area (Å²) in [5.41, 5.74) is 0. The first-order valence-corrected chi connectivity index (χ1v) is 9.83. The van der Waals surface area contributed by atoms with Crippen molar-refractivity contribution in [3.8, 4) is 0 Å². The van der Waals surface area contributed by atoms with Crippen molar-refractivity contribution >= 4 is 28.5 Å². The third-order valence-corrected chi connectivity index (χ3v) is 6.22. The van der Waals surface area contributed by atoms with E-state index in [1.807, 2.05) is 0 Å². The maximum Gasteiger partial charge on any atom is 0.346 e. The Morgan fingerprint density at radius 3 is 2.40 bits per heavy atom. The van der Waals surface area contributed by atoms with Crippen molar-refractivity contribution in [2.45, 2.75) is 52.4 Å². The van der Waals surface area contributed by atoms with E-state index in [1.54, 1.807) is 0 Å². The highest BCUT2D eigenvalue weighted by molar-refractivity contribution is 8.63. The maximum atomic E-state index is 11.6. The van der Waals surface area contributed by atoms with E-state index in [4.69, 9.17) is 15.8 Å². The normalized spacial score (nSPS) is 15.1. The van der Waals surface area contributed by atoms with Gasteiger partial charge in [-0.1, -0.05) is 50.9 Å². The van der Waals surface area contributed by atoms with Crippen LogP contribution < -0.4 is 0 Å². The van der Waals surface area contributed by atoms with E-state index >= 15 is 0 Å². The highest BCUT2D eigenvalue weighted by Gasteiger charge is 2.19. The van der Waals surface area contributed by atoms with E-state index < -0.39 is 5.92 Å². The van der Waals surface area contributed by atoms with Gasteiger partial charge in [0, 0.05) is 5.75 Å². The van der Waals surface area contributed by atoms with Crippen molar-refractivity contribution in [1.82, 2.24) is 0 Å². The lowest BCUT2D eigenvalue weighted by Gasteiger charge is -2.10. The fraction of sp³-hybridized carbons (Fsp3) is 1.00. The molecular weight excluding hydrogens is 251 g/mol. The number of rotatable bonds is 10. The van der Waals surface area contributed by atoms with Crippen LogP contribution in [-0.2, 0) is 9.09 Å². The molecule has 1 unspecified atom stereocenters. The van der Waals surface area contributed by atoms with E-state index in [9.17, 15) is 4.57 Å². The smallest absolute Gasteiger partial charge is 0.310 e. The third kappa shape index (κ3) is 11.1. The first kappa shape index (κ1) is 15.8. The third-order valence-electron chi connectivity index (χ3n) is 1.99. The topological polar surface area (TPSA) is 26.3 Å². The van der Waals surface area contributed by atoms with Crippen LogP contribution in [0.1, 0.15) is 52.4 Å². The first-order valence-electron chi connectivity index (χ1n) is 5.71. The molecule has 2 nitrogen and oxygen atoms in total.